The second kappa shape index (κ2) is 6.48. The normalized spacial score (nSPS) is 10.3. The summed E-state index contributed by atoms with van der Waals surface area (Å²) in [5.41, 5.74) is 2.30. The molecule has 100 valence electrons. The van der Waals surface area contributed by atoms with Crippen molar-refractivity contribution in [2.24, 2.45) is 0 Å². The highest BCUT2D eigenvalue weighted by molar-refractivity contribution is 6.17. The van der Waals surface area contributed by atoms with Crippen LogP contribution in [0.2, 0.25) is 0 Å². The van der Waals surface area contributed by atoms with E-state index in [1.54, 1.807) is 7.11 Å². The van der Waals surface area contributed by atoms with E-state index in [1.807, 2.05) is 42.5 Å². The van der Waals surface area contributed by atoms with Crippen LogP contribution in [0.15, 0.2) is 42.5 Å². The maximum atomic E-state index is 5.83. The molecule has 0 unspecified atom stereocenters. The summed E-state index contributed by atoms with van der Waals surface area (Å²) in [6.45, 7) is 2.11. The van der Waals surface area contributed by atoms with Gasteiger partial charge in [0.15, 0.2) is 11.5 Å². The Morgan fingerprint density at radius 2 is 1.63 bits per heavy atom. The van der Waals surface area contributed by atoms with Gasteiger partial charge in [0.25, 0.3) is 0 Å². The van der Waals surface area contributed by atoms with Crippen molar-refractivity contribution in [3.05, 3.63) is 53.6 Å². The van der Waals surface area contributed by atoms with Gasteiger partial charge in [0, 0.05) is 5.88 Å². The van der Waals surface area contributed by atoms with Gasteiger partial charge in [-0.3, -0.25) is 0 Å². The Hall–Kier alpha value is -1.67. The number of ether oxygens (including phenoxy) is 2. The average molecular weight is 277 g/mol. The molecule has 0 aromatic heterocycles. The summed E-state index contributed by atoms with van der Waals surface area (Å²) in [5.74, 6) is 2.75. The molecule has 0 heterocycles. The molecule has 0 spiro atoms. The molecule has 2 nitrogen and oxygen atoms in total. The Morgan fingerprint density at radius 3 is 2.21 bits per heavy atom. The van der Waals surface area contributed by atoms with E-state index in [9.17, 15) is 0 Å². The predicted octanol–water partition coefficient (Wildman–Crippen LogP) is 4.79. The fraction of sp³-hybridized carbons (Fsp3) is 0.250. The largest absolute Gasteiger partial charge is 0.493 e. The number of aryl methyl sites for hydroxylation is 1. The molecule has 0 atom stereocenters. The molecular weight excluding hydrogens is 260 g/mol. The van der Waals surface area contributed by atoms with Gasteiger partial charge in [-0.05, 0) is 41.8 Å². The van der Waals surface area contributed by atoms with Gasteiger partial charge < -0.3 is 9.47 Å². The Morgan fingerprint density at radius 1 is 0.947 bits per heavy atom. The summed E-state index contributed by atoms with van der Waals surface area (Å²) in [7, 11) is 1.65. The third kappa shape index (κ3) is 3.42. The van der Waals surface area contributed by atoms with Crippen molar-refractivity contribution in [3.63, 3.8) is 0 Å². The first kappa shape index (κ1) is 13.8. The lowest BCUT2D eigenvalue weighted by molar-refractivity contribution is 0.378. The van der Waals surface area contributed by atoms with Crippen LogP contribution in [0.3, 0.4) is 0 Å². The van der Waals surface area contributed by atoms with Gasteiger partial charge in [-0.1, -0.05) is 25.1 Å². The number of hydrogen-bond acceptors (Lipinski definition) is 2. The van der Waals surface area contributed by atoms with E-state index in [4.69, 9.17) is 21.1 Å². The first-order valence-corrected chi connectivity index (χ1v) is 6.80. The van der Waals surface area contributed by atoms with E-state index in [-0.39, 0.29) is 0 Å². The van der Waals surface area contributed by atoms with E-state index in [2.05, 4.69) is 6.92 Å². The van der Waals surface area contributed by atoms with E-state index in [0.717, 1.165) is 29.2 Å². The number of rotatable bonds is 5. The average Bonchev–Trinajstić information content (AvgIpc) is 2.48. The van der Waals surface area contributed by atoms with Crippen LogP contribution < -0.4 is 9.47 Å². The third-order valence-electron chi connectivity index (χ3n) is 2.94. The summed E-state index contributed by atoms with van der Waals surface area (Å²) < 4.78 is 11.2. The Bertz CT molecular complexity index is 535. The topological polar surface area (TPSA) is 18.5 Å². The van der Waals surface area contributed by atoms with Gasteiger partial charge in [-0.25, -0.2) is 0 Å². The molecule has 0 saturated heterocycles. The molecule has 3 heteroatoms. The van der Waals surface area contributed by atoms with Crippen molar-refractivity contribution in [3.8, 4) is 17.2 Å². The maximum absolute atomic E-state index is 5.83. The molecule has 0 saturated carbocycles. The zero-order chi connectivity index (χ0) is 13.7. The third-order valence-corrected chi connectivity index (χ3v) is 3.25. The highest BCUT2D eigenvalue weighted by atomic mass is 35.5. The molecule has 0 aliphatic heterocycles. The van der Waals surface area contributed by atoms with Crippen molar-refractivity contribution in [1.29, 1.82) is 0 Å². The lowest BCUT2D eigenvalue weighted by Gasteiger charge is -2.11. The van der Waals surface area contributed by atoms with Crippen molar-refractivity contribution >= 4 is 11.6 Å². The van der Waals surface area contributed by atoms with Gasteiger partial charge in [-0.2, -0.15) is 0 Å². The summed E-state index contributed by atoms with van der Waals surface area (Å²) in [6, 6.07) is 13.7. The lowest BCUT2D eigenvalue weighted by atomic mass is 10.1. The van der Waals surface area contributed by atoms with Gasteiger partial charge >= 0.3 is 0 Å². The quantitative estimate of drug-likeness (QED) is 0.731. The van der Waals surface area contributed by atoms with Crippen LogP contribution in [0.25, 0.3) is 0 Å². The van der Waals surface area contributed by atoms with Crippen LogP contribution in [0.1, 0.15) is 18.1 Å². The molecule has 0 radical (unpaired) electrons. The van der Waals surface area contributed by atoms with E-state index in [0.29, 0.717) is 5.88 Å². The highest BCUT2D eigenvalue weighted by Crippen LogP contribution is 2.32. The first-order chi connectivity index (χ1) is 9.26. The number of methoxy groups -OCH3 is 1. The van der Waals surface area contributed by atoms with Crippen LogP contribution in [0, 0.1) is 0 Å². The smallest absolute Gasteiger partial charge is 0.169 e. The van der Waals surface area contributed by atoms with E-state index in [1.165, 1.54) is 5.56 Å². The molecule has 0 amide bonds. The molecule has 2 rings (SSSR count). The van der Waals surface area contributed by atoms with Crippen molar-refractivity contribution < 1.29 is 9.47 Å². The van der Waals surface area contributed by atoms with Gasteiger partial charge in [-0.15, -0.1) is 11.6 Å². The lowest BCUT2D eigenvalue weighted by Crippen LogP contribution is -1.92. The number of halogens is 1. The Balaban J connectivity index is 2.21. The second-order valence-corrected chi connectivity index (χ2v) is 4.49. The minimum atomic E-state index is 0.509. The molecule has 0 N–H and O–H groups in total. The van der Waals surface area contributed by atoms with Crippen LogP contribution in [0.5, 0.6) is 17.2 Å². The van der Waals surface area contributed by atoms with Crippen LogP contribution in [0.4, 0.5) is 0 Å². The van der Waals surface area contributed by atoms with Gasteiger partial charge in [0.05, 0.1) is 7.11 Å². The second-order valence-electron chi connectivity index (χ2n) is 4.22. The molecule has 0 aliphatic carbocycles. The zero-order valence-corrected chi connectivity index (χ0v) is 11.9. The first-order valence-electron chi connectivity index (χ1n) is 6.26. The van der Waals surface area contributed by atoms with Crippen molar-refractivity contribution in [1.82, 2.24) is 0 Å². The Kier molecular flexibility index (Phi) is 4.69. The van der Waals surface area contributed by atoms with Crippen LogP contribution in [-0.4, -0.2) is 7.11 Å². The predicted molar refractivity (Wildman–Crippen MR) is 78.4 cm³/mol. The van der Waals surface area contributed by atoms with Crippen LogP contribution >= 0.6 is 11.6 Å². The van der Waals surface area contributed by atoms with Crippen LogP contribution in [-0.2, 0) is 12.3 Å². The summed E-state index contributed by atoms with van der Waals surface area (Å²) in [4.78, 5) is 0. The molecule has 0 bridgehead atoms. The summed E-state index contributed by atoms with van der Waals surface area (Å²) >= 11 is 5.76. The fourth-order valence-corrected chi connectivity index (χ4v) is 1.97. The molecule has 0 aliphatic rings. The number of alkyl halides is 1. The molecule has 2 aromatic rings. The molecular formula is C16H17ClO2. The van der Waals surface area contributed by atoms with Crippen molar-refractivity contribution in [2.75, 3.05) is 7.11 Å². The van der Waals surface area contributed by atoms with Gasteiger partial charge in [0.2, 0.25) is 0 Å². The standard InChI is InChI=1S/C16H17ClO2/c1-3-12-6-9-15(16(10-12)18-2)19-14-7-4-13(11-17)5-8-14/h4-10H,3,11H2,1-2H3. The van der Waals surface area contributed by atoms with Crippen molar-refractivity contribution in [2.45, 2.75) is 19.2 Å². The number of hydrogen-bond donors (Lipinski definition) is 0. The minimum absolute atomic E-state index is 0.509. The summed E-state index contributed by atoms with van der Waals surface area (Å²) in [5, 5.41) is 0. The minimum Gasteiger partial charge on any atom is -0.493 e. The zero-order valence-electron chi connectivity index (χ0n) is 11.2. The molecule has 2 aromatic carbocycles. The van der Waals surface area contributed by atoms with E-state index >= 15 is 0 Å². The fourth-order valence-electron chi connectivity index (χ4n) is 1.79. The van der Waals surface area contributed by atoms with Gasteiger partial charge in [0.1, 0.15) is 5.75 Å². The van der Waals surface area contributed by atoms with E-state index < -0.39 is 0 Å². The summed E-state index contributed by atoms with van der Waals surface area (Å²) in [6.07, 6.45) is 0.973. The highest BCUT2D eigenvalue weighted by Gasteiger charge is 2.06. The molecule has 19 heavy (non-hydrogen) atoms. The SMILES string of the molecule is CCc1ccc(Oc2ccc(CCl)cc2)c(OC)c1. The monoisotopic (exact) mass is 276 g/mol. The maximum Gasteiger partial charge on any atom is 0.169 e. The number of benzene rings is 2. The molecule has 0 fully saturated rings. The Labute approximate surface area is 118 Å².